The molecule has 0 bridgehead atoms. The minimum Gasteiger partial charge on any atom is -0.469 e. The maximum absolute atomic E-state index is 13.2. The van der Waals surface area contributed by atoms with Crippen molar-refractivity contribution in [2.75, 3.05) is 47.4 Å². The molecule has 1 aliphatic rings. The first-order chi connectivity index (χ1) is 22.0. The second-order valence-corrected chi connectivity index (χ2v) is 12.2. The third-order valence-corrected chi connectivity index (χ3v) is 8.40. The number of H-pyrrole nitrogens is 1. The summed E-state index contributed by atoms with van der Waals surface area (Å²) in [6.45, 7) is -1.97. The van der Waals surface area contributed by atoms with E-state index in [1.165, 1.54) is 4.57 Å². The van der Waals surface area contributed by atoms with Crippen molar-refractivity contribution in [1.29, 1.82) is 0 Å². The summed E-state index contributed by atoms with van der Waals surface area (Å²) in [5.74, 6) is -5.05. The van der Waals surface area contributed by atoms with Crippen molar-refractivity contribution in [2.45, 2.75) is 43.3 Å². The van der Waals surface area contributed by atoms with Crippen LogP contribution in [0, 0.1) is 0 Å². The fourth-order valence-corrected chi connectivity index (χ4v) is 6.13. The van der Waals surface area contributed by atoms with Gasteiger partial charge in [0, 0.05) is 6.42 Å². The van der Waals surface area contributed by atoms with E-state index in [1.807, 2.05) is 0 Å². The number of nitrogens with two attached hydrogens (primary N) is 1. The molecule has 5 atom stereocenters. The number of phosphoric ester groups is 2. The fourth-order valence-electron chi connectivity index (χ4n) is 4.20. The zero-order valence-corrected chi connectivity index (χ0v) is 26.9. The normalized spacial score (nSPS) is 20.6. The van der Waals surface area contributed by atoms with Crippen molar-refractivity contribution in [2.24, 2.45) is 0 Å². The van der Waals surface area contributed by atoms with Crippen LogP contribution in [0.3, 0.4) is 0 Å². The molecule has 2 aromatic heterocycles. The Hall–Kier alpha value is -3.79. The third kappa shape index (κ3) is 9.62. The highest BCUT2D eigenvalue weighted by molar-refractivity contribution is 7.47. The van der Waals surface area contributed by atoms with Gasteiger partial charge in [0.15, 0.2) is 23.4 Å². The number of carbonyl (C=O) groups excluding carboxylic acids is 4. The second kappa shape index (κ2) is 15.4. The summed E-state index contributed by atoms with van der Waals surface area (Å²) in [5.41, 5.74) is 1.94. The molecular formula is C22H31N5O18P2. The number of phosphoric acid groups is 2. The summed E-state index contributed by atoms with van der Waals surface area (Å²) < 4.78 is 70.6. The molecule has 262 valence electrons. The number of aromatic amines is 1. The number of ether oxygens (including phenoxy) is 5. The van der Waals surface area contributed by atoms with Gasteiger partial charge in [-0.1, -0.05) is 0 Å². The lowest BCUT2D eigenvalue weighted by molar-refractivity contribution is -0.173. The number of methoxy groups -OCH3 is 4. The van der Waals surface area contributed by atoms with E-state index >= 15 is 0 Å². The Bertz CT molecular complexity index is 1630. The number of carbonyl (C=O) groups is 4. The molecule has 25 heteroatoms. The summed E-state index contributed by atoms with van der Waals surface area (Å²) in [6, 6.07) is 0. The predicted molar refractivity (Wildman–Crippen MR) is 149 cm³/mol. The number of fused-ring (bicyclic) bond motifs is 1. The van der Waals surface area contributed by atoms with E-state index in [0.29, 0.717) is 0 Å². The van der Waals surface area contributed by atoms with Gasteiger partial charge < -0.3 is 39.2 Å². The maximum Gasteiger partial charge on any atom is 0.473 e. The minimum atomic E-state index is -5.48. The van der Waals surface area contributed by atoms with Gasteiger partial charge in [-0.25, -0.2) is 23.7 Å². The Morgan fingerprint density at radius 2 is 1.64 bits per heavy atom. The molecule has 47 heavy (non-hydrogen) atoms. The van der Waals surface area contributed by atoms with Gasteiger partial charge in [0.25, 0.3) is 5.56 Å². The Balaban J connectivity index is 1.91. The van der Waals surface area contributed by atoms with E-state index in [1.54, 1.807) is 0 Å². The van der Waals surface area contributed by atoms with Gasteiger partial charge in [-0.15, -0.1) is 0 Å². The number of imidazole rings is 1. The highest BCUT2D eigenvalue weighted by atomic mass is 31.2. The van der Waals surface area contributed by atoms with Gasteiger partial charge in [-0.3, -0.25) is 42.0 Å². The predicted octanol–water partition coefficient (Wildman–Crippen LogP) is -1.16. The first kappa shape index (κ1) is 37.7. The Morgan fingerprint density at radius 1 is 1.02 bits per heavy atom. The van der Waals surface area contributed by atoms with E-state index in [2.05, 4.69) is 38.4 Å². The van der Waals surface area contributed by atoms with Crippen LogP contribution in [0.25, 0.3) is 11.2 Å². The number of hydrogen-bond donors (Lipinski definition) is 4. The van der Waals surface area contributed by atoms with Crippen LogP contribution < -0.4 is 11.3 Å². The monoisotopic (exact) mass is 715 g/mol. The molecule has 2 unspecified atom stereocenters. The van der Waals surface area contributed by atoms with Crippen LogP contribution in [0.5, 0.6) is 0 Å². The summed E-state index contributed by atoms with van der Waals surface area (Å²) in [5, 5.41) is 0. The van der Waals surface area contributed by atoms with Crippen LogP contribution >= 0.6 is 15.6 Å². The summed E-state index contributed by atoms with van der Waals surface area (Å²) in [4.78, 5) is 91.6. The SMILES string of the molecule is COC(=O)COP(=O)(O)O[C@@H]1C[C@H](n2cnc3c(=O)[nH]c(N)nc32)O[C@@H]1COP(=O)(O)OC(CC(=O)OC)(CC(=O)OC)C(=O)OC. The van der Waals surface area contributed by atoms with Gasteiger partial charge in [-0.2, -0.15) is 4.98 Å². The van der Waals surface area contributed by atoms with Crippen LogP contribution in [-0.2, 0) is 70.1 Å². The zero-order valence-electron chi connectivity index (χ0n) is 25.1. The Kier molecular flexibility index (Phi) is 12.3. The van der Waals surface area contributed by atoms with Crippen LogP contribution in [0.4, 0.5) is 5.95 Å². The first-order valence-corrected chi connectivity index (χ1v) is 16.0. The van der Waals surface area contributed by atoms with Crippen LogP contribution in [-0.4, -0.2) is 113 Å². The fraction of sp³-hybridized carbons (Fsp3) is 0.591. The molecule has 1 saturated heterocycles. The lowest BCUT2D eigenvalue weighted by atomic mass is 9.95. The van der Waals surface area contributed by atoms with Crippen molar-refractivity contribution in [1.82, 2.24) is 19.5 Å². The highest BCUT2D eigenvalue weighted by Crippen LogP contribution is 2.52. The average Bonchev–Trinajstić information content (AvgIpc) is 3.61. The number of anilines is 1. The number of hydrogen-bond acceptors (Lipinski definition) is 19. The van der Waals surface area contributed by atoms with Crippen LogP contribution in [0.1, 0.15) is 25.5 Å². The number of nitrogens with zero attached hydrogens (tertiary/aromatic N) is 3. The number of nitrogen functional groups attached to an aromatic ring is 1. The van der Waals surface area contributed by atoms with Gasteiger partial charge in [0.05, 0.1) is 54.2 Å². The van der Waals surface area contributed by atoms with Crippen LogP contribution in [0.2, 0.25) is 0 Å². The van der Waals surface area contributed by atoms with Gasteiger partial charge in [0.1, 0.15) is 18.4 Å². The summed E-state index contributed by atoms with van der Waals surface area (Å²) >= 11 is 0. The summed E-state index contributed by atoms with van der Waals surface area (Å²) in [7, 11) is -6.81. The molecule has 3 heterocycles. The molecule has 0 radical (unpaired) electrons. The molecule has 2 aromatic rings. The number of rotatable bonds is 16. The smallest absolute Gasteiger partial charge is 0.469 e. The molecule has 1 aliphatic heterocycles. The summed E-state index contributed by atoms with van der Waals surface area (Å²) in [6.07, 6.45) is -5.64. The molecule has 0 saturated carbocycles. The topological polar surface area (TPSA) is 316 Å². The molecule has 0 spiro atoms. The Morgan fingerprint density at radius 3 is 2.21 bits per heavy atom. The first-order valence-electron chi connectivity index (χ1n) is 13.0. The largest absolute Gasteiger partial charge is 0.473 e. The van der Waals surface area contributed by atoms with E-state index in [4.69, 9.17) is 24.0 Å². The minimum absolute atomic E-state index is 0.0738. The quantitative estimate of drug-likeness (QED) is 0.0904. The number of nitrogens with one attached hydrogen (secondary N) is 1. The third-order valence-electron chi connectivity index (χ3n) is 6.35. The van der Waals surface area contributed by atoms with E-state index < -0.39 is 95.2 Å². The van der Waals surface area contributed by atoms with Gasteiger partial charge in [0.2, 0.25) is 5.95 Å². The Labute approximate surface area is 263 Å². The maximum atomic E-state index is 13.2. The average molecular weight is 715 g/mol. The molecule has 3 rings (SSSR count). The molecule has 0 aliphatic carbocycles. The van der Waals surface area contributed by atoms with Crippen molar-refractivity contribution in [3.05, 3.63) is 16.7 Å². The van der Waals surface area contributed by atoms with Crippen molar-refractivity contribution in [3.63, 3.8) is 0 Å². The lowest BCUT2D eigenvalue weighted by Gasteiger charge is -2.30. The second-order valence-electron chi connectivity index (χ2n) is 9.45. The highest BCUT2D eigenvalue weighted by Gasteiger charge is 2.52. The van der Waals surface area contributed by atoms with Crippen LogP contribution in [0.15, 0.2) is 11.1 Å². The van der Waals surface area contributed by atoms with Crippen molar-refractivity contribution in [3.8, 4) is 0 Å². The standard InChI is InChI=1S/C22H31N5O18P2/c1-37-14(28)6-22(20(32)40-4,7-15(29)38-2)45-47(35,36)41-8-12-11(44-46(33,34)42-9-16(30)39-3)5-13(43-12)27-10-24-17-18(27)25-21(23)26-19(17)31/h10-13H,5-9H2,1-4H3,(H,33,34)(H,35,36)(H3,23,25,26,31)/t11-,12-,13-/m1/s1. The van der Waals surface area contributed by atoms with Crippen molar-refractivity contribution >= 4 is 56.6 Å². The molecule has 23 nitrogen and oxygen atoms in total. The molecule has 1 fully saturated rings. The van der Waals surface area contributed by atoms with Gasteiger partial charge in [-0.05, 0) is 0 Å². The number of esters is 4. The molecule has 0 amide bonds. The molecule has 5 N–H and O–H groups in total. The van der Waals surface area contributed by atoms with E-state index in [-0.39, 0.29) is 23.5 Å². The number of aromatic nitrogens is 4. The van der Waals surface area contributed by atoms with E-state index in [0.717, 1.165) is 34.8 Å². The lowest BCUT2D eigenvalue weighted by Crippen LogP contribution is -2.46. The van der Waals surface area contributed by atoms with Crippen molar-refractivity contribution < 1.29 is 79.9 Å². The molecule has 0 aromatic carbocycles. The van der Waals surface area contributed by atoms with Gasteiger partial charge >= 0.3 is 39.5 Å². The zero-order chi connectivity index (χ0) is 35.2. The molecular weight excluding hydrogens is 684 g/mol. The van der Waals surface area contributed by atoms with E-state index in [9.17, 15) is 42.9 Å².